The van der Waals surface area contributed by atoms with Crippen molar-refractivity contribution in [3.8, 4) is 0 Å². The van der Waals surface area contributed by atoms with E-state index < -0.39 is 9.84 Å². The first-order valence-electron chi connectivity index (χ1n) is 4.90. The summed E-state index contributed by atoms with van der Waals surface area (Å²) < 4.78 is 21.6. The summed E-state index contributed by atoms with van der Waals surface area (Å²) >= 11 is 0. The second kappa shape index (κ2) is 4.42. The van der Waals surface area contributed by atoms with Gasteiger partial charge in [-0.2, -0.15) is 0 Å². The monoisotopic (exact) mass is 205 g/mol. The van der Waals surface area contributed by atoms with Crippen molar-refractivity contribution in [3.05, 3.63) is 0 Å². The number of sulfone groups is 1. The van der Waals surface area contributed by atoms with Gasteiger partial charge in [0.05, 0.1) is 0 Å². The Kier molecular flexibility index (Phi) is 3.74. The van der Waals surface area contributed by atoms with Gasteiger partial charge in [0.1, 0.15) is 9.84 Å². The van der Waals surface area contributed by atoms with Gasteiger partial charge in [-0.15, -0.1) is 0 Å². The van der Waals surface area contributed by atoms with E-state index in [9.17, 15) is 8.42 Å². The van der Waals surface area contributed by atoms with Gasteiger partial charge in [-0.25, -0.2) is 8.42 Å². The highest BCUT2D eigenvalue weighted by Crippen LogP contribution is 2.33. The second-order valence-corrected chi connectivity index (χ2v) is 6.47. The van der Waals surface area contributed by atoms with Crippen LogP contribution in [0.4, 0.5) is 0 Å². The smallest absolute Gasteiger partial charge is 0.147 e. The molecule has 0 amide bonds. The molecule has 78 valence electrons. The lowest BCUT2D eigenvalue weighted by molar-refractivity contribution is 0.524. The zero-order valence-corrected chi connectivity index (χ0v) is 9.02. The normalized spacial score (nSPS) is 20.2. The molecule has 0 spiro atoms. The molecule has 1 fully saturated rings. The first-order valence-corrected chi connectivity index (χ1v) is 6.97. The van der Waals surface area contributed by atoms with Crippen LogP contribution in [0.15, 0.2) is 0 Å². The molecule has 4 heteroatoms. The first kappa shape index (κ1) is 11.0. The fraction of sp³-hybridized carbons (Fsp3) is 1.00. The van der Waals surface area contributed by atoms with Gasteiger partial charge in [0, 0.05) is 18.1 Å². The quantitative estimate of drug-likeness (QED) is 0.702. The topological polar surface area (TPSA) is 60.2 Å². The maximum atomic E-state index is 10.8. The summed E-state index contributed by atoms with van der Waals surface area (Å²) in [6.45, 7) is 0. The highest BCUT2D eigenvalue weighted by Gasteiger charge is 2.23. The Bertz CT molecular complexity index is 244. The van der Waals surface area contributed by atoms with E-state index in [-0.39, 0.29) is 11.8 Å². The summed E-state index contributed by atoms with van der Waals surface area (Å²) in [5.41, 5.74) is 5.85. The van der Waals surface area contributed by atoms with Crippen LogP contribution in [0.1, 0.15) is 32.1 Å². The lowest BCUT2D eigenvalue weighted by Gasteiger charge is -2.09. The van der Waals surface area contributed by atoms with Gasteiger partial charge < -0.3 is 5.73 Å². The third-order valence-corrected chi connectivity index (χ3v) is 3.45. The highest BCUT2D eigenvalue weighted by atomic mass is 32.2. The minimum atomic E-state index is -2.79. The summed E-state index contributed by atoms with van der Waals surface area (Å²) in [4.78, 5) is 0. The fourth-order valence-corrected chi connectivity index (χ4v) is 2.20. The number of hydrogen-bond acceptors (Lipinski definition) is 3. The van der Waals surface area contributed by atoms with Crippen LogP contribution in [0, 0.1) is 5.92 Å². The Morgan fingerprint density at radius 2 is 2.08 bits per heavy atom. The lowest BCUT2D eigenvalue weighted by Crippen LogP contribution is -2.21. The molecule has 1 unspecified atom stereocenters. The Labute approximate surface area is 80.6 Å². The van der Waals surface area contributed by atoms with E-state index in [0.29, 0.717) is 6.42 Å². The van der Waals surface area contributed by atoms with Crippen LogP contribution < -0.4 is 5.73 Å². The maximum Gasteiger partial charge on any atom is 0.147 e. The molecule has 1 rings (SSSR count). The fourth-order valence-electron chi connectivity index (χ4n) is 1.51. The Morgan fingerprint density at radius 3 is 2.54 bits per heavy atom. The van der Waals surface area contributed by atoms with E-state index in [2.05, 4.69) is 0 Å². The third-order valence-electron chi connectivity index (χ3n) is 2.42. The number of hydrogen-bond donors (Lipinski definition) is 1. The van der Waals surface area contributed by atoms with Crippen molar-refractivity contribution in [2.75, 3.05) is 12.0 Å². The van der Waals surface area contributed by atoms with Crippen molar-refractivity contribution in [3.63, 3.8) is 0 Å². The van der Waals surface area contributed by atoms with Crippen molar-refractivity contribution in [2.45, 2.75) is 38.1 Å². The Balaban J connectivity index is 2.04. The van der Waals surface area contributed by atoms with Gasteiger partial charge in [-0.3, -0.25) is 0 Å². The Morgan fingerprint density at radius 1 is 1.46 bits per heavy atom. The van der Waals surface area contributed by atoms with Gasteiger partial charge in [-0.1, -0.05) is 12.8 Å². The van der Waals surface area contributed by atoms with Crippen LogP contribution in [0.25, 0.3) is 0 Å². The average Bonchev–Trinajstić information content (AvgIpc) is 2.68. The second-order valence-electron chi connectivity index (χ2n) is 4.21. The molecular weight excluding hydrogens is 186 g/mol. The SMILES string of the molecule is CS(=O)(=O)CCCC(N)CC1CC1. The predicted octanol–water partition coefficient (Wildman–Crippen LogP) is 0.939. The average molecular weight is 205 g/mol. The summed E-state index contributed by atoms with van der Waals surface area (Å²) in [5, 5.41) is 0. The molecule has 0 radical (unpaired) electrons. The van der Waals surface area contributed by atoms with E-state index in [0.717, 1.165) is 18.8 Å². The van der Waals surface area contributed by atoms with Gasteiger partial charge in [0.2, 0.25) is 0 Å². The molecule has 0 saturated heterocycles. The molecule has 0 aromatic heterocycles. The Hall–Kier alpha value is -0.0900. The van der Waals surface area contributed by atoms with E-state index >= 15 is 0 Å². The maximum absolute atomic E-state index is 10.8. The van der Waals surface area contributed by atoms with Crippen molar-refractivity contribution < 1.29 is 8.42 Å². The summed E-state index contributed by atoms with van der Waals surface area (Å²) in [5.74, 6) is 1.12. The van der Waals surface area contributed by atoms with Gasteiger partial charge >= 0.3 is 0 Å². The van der Waals surface area contributed by atoms with Crippen molar-refractivity contribution >= 4 is 9.84 Å². The molecule has 2 N–H and O–H groups in total. The zero-order valence-electron chi connectivity index (χ0n) is 8.20. The van der Waals surface area contributed by atoms with Crippen LogP contribution in [0.5, 0.6) is 0 Å². The van der Waals surface area contributed by atoms with E-state index in [1.807, 2.05) is 0 Å². The molecule has 1 aliphatic rings. The molecule has 3 nitrogen and oxygen atoms in total. The molecule has 0 aliphatic heterocycles. The largest absolute Gasteiger partial charge is 0.328 e. The van der Waals surface area contributed by atoms with Crippen LogP contribution in [0.3, 0.4) is 0 Å². The van der Waals surface area contributed by atoms with E-state index in [1.165, 1.54) is 19.1 Å². The van der Waals surface area contributed by atoms with Crippen LogP contribution in [0.2, 0.25) is 0 Å². The standard InChI is InChI=1S/C9H19NO2S/c1-13(11,12)6-2-3-9(10)7-8-4-5-8/h8-9H,2-7,10H2,1H3. The summed E-state index contributed by atoms with van der Waals surface area (Å²) in [6, 6.07) is 0.217. The number of rotatable bonds is 6. The van der Waals surface area contributed by atoms with E-state index in [1.54, 1.807) is 0 Å². The predicted molar refractivity (Wildman–Crippen MR) is 54.3 cm³/mol. The molecule has 1 aliphatic carbocycles. The summed E-state index contributed by atoms with van der Waals surface area (Å²) in [7, 11) is -2.79. The molecule has 0 heterocycles. The minimum absolute atomic E-state index is 0.217. The van der Waals surface area contributed by atoms with Crippen molar-refractivity contribution in [2.24, 2.45) is 11.7 Å². The molecule has 0 aromatic rings. The lowest BCUT2D eigenvalue weighted by atomic mass is 10.1. The number of nitrogens with two attached hydrogens (primary N) is 1. The first-order chi connectivity index (χ1) is 5.97. The molecule has 1 saturated carbocycles. The van der Waals surface area contributed by atoms with Crippen LogP contribution in [-0.2, 0) is 9.84 Å². The molecule has 0 aromatic carbocycles. The minimum Gasteiger partial charge on any atom is -0.328 e. The zero-order chi connectivity index (χ0) is 9.90. The molecule has 13 heavy (non-hydrogen) atoms. The summed E-state index contributed by atoms with van der Waals surface area (Å²) in [6.07, 6.45) is 6.57. The molecule has 1 atom stereocenters. The van der Waals surface area contributed by atoms with E-state index in [4.69, 9.17) is 5.73 Å². The molecule has 0 bridgehead atoms. The van der Waals surface area contributed by atoms with Crippen LogP contribution >= 0.6 is 0 Å². The van der Waals surface area contributed by atoms with Gasteiger partial charge in [0.15, 0.2) is 0 Å². The third kappa shape index (κ3) is 6.05. The highest BCUT2D eigenvalue weighted by molar-refractivity contribution is 7.90. The van der Waals surface area contributed by atoms with Crippen LogP contribution in [-0.4, -0.2) is 26.5 Å². The molecular formula is C9H19NO2S. The van der Waals surface area contributed by atoms with Crippen molar-refractivity contribution in [1.82, 2.24) is 0 Å². The van der Waals surface area contributed by atoms with Gasteiger partial charge in [0.25, 0.3) is 0 Å². The van der Waals surface area contributed by atoms with Crippen molar-refractivity contribution in [1.29, 1.82) is 0 Å². The van der Waals surface area contributed by atoms with Gasteiger partial charge in [-0.05, 0) is 25.2 Å².